The second kappa shape index (κ2) is 7.40. The van der Waals surface area contributed by atoms with Gasteiger partial charge in [0.25, 0.3) is 0 Å². The lowest BCUT2D eigenvalue weighted by Gasteiger charge is -2.30. The highest BCUT2D eigenvalue weighted by atomic mass is 32.1. The van der Waals surface area contributed by atoms with Crippen LogP contribution in [0.4, 0.5) is 5.13 Å². The zero-order chi connectivity index (χ0) is 16.2. The van der Waals surface area contributed by atoms with Crippen molar-refractivity contribution >= 4 is 28.3 Å². The quantitative estimate of drug-likeness (QED) is 0.880. The first-order chi connectivity index (χ1) is 11.1. The third-order valence-corrected chi connectivity index (χ3v) is 5.35. The molecule has 6 nitrogen and oxygen atoms in total. The molecule has 2 N–H and O–H groups in total. The zero-order valence-electron chi connectivity index (χ0n) is 13.5. The molecule has 0 aliphatic carbocycles. The molecule has 2 amide bonds. The number of aromatic nitrogens is 1. The summed E-state index contributed by atoms with van der Waals surface area (Å²) in [6.45, 7) is 5.83. The van der Waals surface area contributed by atoms with Gasteiger partial charge >= 0.3 is 0 Å². The maximum Gasteiger partial charge on any atom is 0.231 e. The van der Waals surface area contributed by atoms with Crippen molar-refractivity contribution in [2.45, 2.75) is 39.2 Å². The highest BCUT2D eigenvalue weighted by molar-refractivity contribution is 7.13. The van der Waals surface area contributed by atoms with Gasteiger partial charge in [0.2, 0.25) is 11.8 Å². The molecule has 126 valence electrons. The minimum atomic E-state index is -0.150. The van der Waals surface area contributed by atoms with Crippen molar-refractivity contribution in [3.63, 3.8) is 0 Å². The summed E-state index contributed by atoms with van der Waals surface area (Å²) in [5, 5.41) is 8.31. The van der Waals surface area contributed by atoms with Gasteiger partial charge in [0.15, 0.2) is 5.13 Å². The first kappa shape index (κ1) is 16.4. The number of nitrogens with zero attached hydrogens (tertiary/aromatic N) is 2. The van der Waals surface area contributed by atoms with Crippen LogP contribution in [-0.2, 0) is 16.1 Å². The molecule has 0 spiro atoms. The molecule has 2 fully saturated rings. The molecule has 0 radical (unpaired) electrons. The van der Waals surface area contributed by atoms with E-state index in [1.807, 2.05) is 5.38 Å². The summed E-state index contributed by atoms with van der Waals surface area (Å²) < 4.78 is 0. The number of hydrogen-bond acceptors (Lipinski definition) is 5. The molecule has 0 bridgehead atoms. The van der Waals surface area contributed by atoms with Gasteiger partial charge in [-0.15, -0.1) is 11.3 Å². The fraction of sp³-hybridized carbons (Fsp3) is 0.688. The van der Waals surface area contributed by atoms with Crippen molar-refractivity contribution in [1.29, 1.82) is 0 Å². The van der Waals surface area contributed by atoms with Crippen molar-refractivity contribution in [2.75, 3.05) is 25.0 Å². The maximum absolute atomic E-state index is 12.2. The largest absolute Gasteiger partial charge is 0.355 e. The fourth-order valence-corrected chi connectivity index (χ4v) is 3.96. The Balaban J connectivity index is 1.50. The summed E-state index contributed by atoms with van der Waals surface area (Å²) in [4.78, 5) is 30.3. The van der Waals surface area contributed by atoms with Crippen LogP contribution >= 0.6 is 11.3 Å². The van der Waals surface area contributed by atoms with Crippen LogP contribution in [0.1, 0.15) is 38.3 Å². The van der Waals surface area contributed by atoms with Gasteiger partial charge in [0.05, 0.1) is 11.6 Å². The van der Waals surface area contributed by atoms with Crippen molar-refractivity contribution in [3.8, 4) is 0 Å². The van der Waals surface area contributed by atoms with Crippen molar-refractivity contribution < 1.29 is 9.59 Å². The molecular formula is C16H24N4O2S. The molecule has 2 aliphatic heterocycles. The van der Waals surface area contributed by atoms with Gasteiger partial charge < -0.3 is 10.6 Å². The van der Waals surface area contributed by atoms with E-state index in [4.69, 9.17) is 0 Å². The minimum Gasteiger partial charge on any atom is -0.355 e. The molecule has 23 heavy (non-hydrogen) atoms. The van der Waals surface area contributed by atoms with E-state index in [0.717, 1.165) is 31.2 Å². The Morgan fingerprint density at radius 2 is 2.39 bits per heavy atom. The van der Waals surface area contributed by atoms with Gasteiger partial charge in [0, 0.05) is 31.4 Å². The molecule has 1 aromatic rings. The van der Waals surface area contributed by atoms with Gasteiger partial charge in [-0.3, -0.25) is 14.5 Å². The molecule has 0 aromatic carbocycles. The van der Waals surface area contributed by atoms with Crippen molar-refractivity contribution in [2.24, 2.45) is 11.8 Å². The van der Waals surface area contributed by atoms with E-state index in [0.29, 0.717) is 24.5 Å². The second-order valence-corrected chi connectivity index (χ2v) is 7.51. The fourth-order valence-electron chi connectivity index (χ4n) is 3.26. The maximum atomic E-state index is 12.2. The molecule has 2 aliphatic rings. The zero-order valence-corrected chi connectivity index (χ0v) is 14.3. The van der Waals surface area contributed by atoms with E-state index in [-0.39, 0.29) is 17.7 Å². The van der Waals surface area contributed by atoms with Crippen LogP contribution < -0.4 is 10.6 Å². The van der Waals surface area contributed by atoms with Crippen LogP contribution in [0.3, 0.4) is 0 Å². The topological polar surface area (TPSA) is 74.3 Å². The van der Waals surface area contributed by atoms with E-state index in [9.17, 15) is 9.59 Å². The molecule has 3 heterocycles. The number of likely N-dealkylation sites (tertiary alicyclic amines) is 1. The Morgan fingerprint density at radius 3 is 3.13 bits per heavy atom. The predicted molar refractivity (Wildman–Crippen MR) is 90.2 cm³/mol. The summed E-state index contributed by atoms with van der Waals surface area (Å²) in [7, 11) is 0. The predicted octanol–water partition coefficient (Wildman–Crippen LogP) is 1.84. The van der Waals surface area contributed by atoms with Gasteiger partial charge in [-0.2, -0.15) is 0 Å². The summed E-state index contributed by atoms with van der Waals surface area (Å²) >= 11 is 1.47. The first-order valence-corrected chi connectivity index (χ1v) is 9.22. The number of anilines is 1. The van der Waals surface area contributed by atoms with E-state index >= 15 is 0 Å². The van der Waals surface area contributed by atoms with Gasteiger partial charge in [-0.05, 0) is 31.7 Å². The normalized spacial score (nSPS) is 25.9. The third-order valence-electron chi connectivity index (χ3n) is 4.54. The summed E-state index contributed by atoms with van der Waals surface area (Å²) in [6.07, 6.45) is 3.60. The Hall–Kier alpha value is -1.47. The van der Waals surface area contributed by atoms with Crippen molar-refractivity contribution in [1.82, 2.24) is 15.2 Å². The molecular weight excluding hydrogens is 312 g/mol. The minimum absolute atomic E-state index is 0.0290. The van der Waals surface area contributed by atoms with Crippen LogP contribution in [0.5, 0.6) is 0 Å². The van der Waals surface area contributed by atoms with Crippen molar-refractivity contribution in [3.05, 3.63) is 11.1 Å². The number of hydrogen-bond donors (Lipinski definition) is 2. The highest BCUT2D eigenvalue weighted by Gasteiger charge is 2.25. The molecule has 2 saturated heterocycles. The number of piperidine rings is 2. The molecule has 7 heteroatoms. The lowest BCUT2D eigenvalue weighted by Crippen LogP contribution is -2.40. The molecule has 3 rings (SSSR count). The summed E-state index contributed by atoms with van der Waals surface area (Å²) in [5.74, 6) is 0.588. The highest BCUT2D eigenvalue weighted by Crippen LogP contribution is 2.22. The summed E-state index contributed by atoms with van der Waals surface area (Å²) in [5.41, 5.74) is 1.02. The van der Waals surface area contributed by atoms with Crippen LogP contribution in [-0.4, -0.2) is 41.3 Å². The summed E-state index contributed by atoms with van der Waals surface area (Å²) in [6, 6.07) is 0. The van der Waals surface area contributed by atoms with Gasteiger partial charge in [-0.1, -0.05) is 6.92 Å². The number of carbonyl (C=O) groups excluding carboxylic acids is 2. The van der Waals surface area contributed by atoms with Crippen LogP contribution in [0.2, 0.25) is 0 Å². The standard InChI is InChI=1S/C16H24N4O2S/c1-11-3-2-6-20(8-11)9-13-10-23-16(18-13)19-15(22)12-4-5-14(21)17-7-12/h10-12H,2-9H2,1H3,(H,17,21)(H,18,19,22)/t11-,12-/m0/s1. The van der Waals surface area contributed by atoms with E-state index in [1.165, 1.54) is 24.2 Å². The Morgan fingerprint density at radius 1 is 1.52 bits per heavy atom. The van der Waals surface area contributed by atoms with E-state index in [2.05, 4.69) is 27.4 Å². The van der Waals surface area contributed by atoms with Crippen LogP contribution in [0, 0.1) is 11.8 Å². The lowest BCUT2D eigenvalue weighted by molar-refractivity contribution is -0.126. The number of amides is 2. The first-order valence-electron chi connectivity index (χ1n) is 8.34. The SMILES string of the molecule is C[C@H]1CCCN(Cc2csc(NC(=O)[C@H]3CCC(=O)NC3)n2)C1. The monoisotopic (exact) mass is 336 g/mol. The number of rotatable bonds is 4. The van der Waals surface area contributed by atoms with Gasteiger partial charge in [0.1, 0.15) is 0 Å². The van der Waals surface area contributed by atoms with Crippen LogP contribution in [0.15, 0.2) is 5.38 Å². The Bertz CT molecular complexity index is 564. The molecule has 2 atom stereocenters. The third kappa shape index (κ3) is 4.51. The average molecular weight is 336 g/mol. The molecule has 1 aromatic heterocycles. The second-order valence-electron chi connectivity index (χ2n) is 6.66. The number of thiazole rings is 1. The smallest absolute Gasteiger partial charge is 0.231 e. The molecule has 0 unspecified atom stereocenters. The lowest BCUT2D eigenvalue weighted by atomic mass is 9.98. The van der Waals surface area contributed by atoms with Crippen LogP contribution in [0.25, 0.3) is 0 Å². The Kier molecular flexibility index (Phi) is 5.27. The number of nitrogens with one attached hydrogen (secondary N) is 2. The average Bonchev–Trinajstić information content (AvgIpc) is 2.95. The molecule has 0 saturated carbocycles. The van der Waals surface area contributed by atoms with Gasteiger partial charge in [-0.25, -0.2) is 4.98 Å². The van der Waals surface area contributed by atoms with E-state index < -0.39 is 0 Å². The Labute approximate surface area is 140 Å². The van der Waals surface area contributed by atoms with E-state index in [1.54, 1.807) is 0 Å². The number of carbonyl (C=O) groups is 2.